The number of ether oxygens (including phenoxy) is 2. The van der Waals surface area contributed by atoms with E-state index in [4.69, 9.17) is 21.1 Å². The van der Waals surface area contributed by atoms with E-state index in [1.54, 1.807) is 31.4 Å². The summed E-state index contributed by atoms with van der Waals surface area (Å²) in [5.74, 6) is 1.52. The van der Waals surface area contributed by atoms with Gasteiger partial charge in [-0.25, -0.2) is 4.98 Å². The highest BCUT2D eigenvalue weighted by Gasteiger charge is 2.06. The van der Waals surface area contributed by atoms with E-state index in [2.05, 4.69) is 4.98 Å². The lowest BCUT2D eigenvalue weighted by molar-refractivity contribution is 0.108. The van der Waals surface area contributed by atoms with Gasteiger partial charge >= 0.3 is 0 Å². The van der Waals surface area contributed by atoms with Gasteiger partial charge < -0.3 is 9.47 Å². The molecule has 4 nitrogen and oxygen atoms in total. The van der Waals surface area contributed by atoms with Crippen LogP contribution in [0, 0.1) is 0 Å². The fourth-order valence-corrected chi connectivity index (χ4v) is 1.48. The van der Waals surface area contributed by atoms with Gasteiger partial charge in [0.15, 0.2) is 11.5 Å². The second-order valence-electron chi connectivity index (χ2n) is 3.41. The van der Waals surface area contributed by atoms with Crippen molar-refractivity contribution in [3.63, 3.8) is 0 Å². The molecule has 0 bridgehead atoms. The highest BCUT2D eigenvalue weighted by atomic mass is 35.5. The minimum Gasteiger partial charge on any atom is -0.493 e. The molecule has 0 spiro atoms. The van der Waals surface area contributed by atoms with Crippen molar-refractivity contribution in [1.29, 1.82) is 0 Å². The first-order chi connectivity index (χ1) is 8.70. The van der Waals surface area contributed by atoms with Crippen molar-refractivity contribution in [3.8, 4) is 17.4 Å². The Labute approximate surface area is 109 Å². The van der Waals surface area contributed by atoms with Crippen molar-refractivity contribution >= 4 is 16.8 Å². The van der Waals surface area contributed by atoms with Crippen LogP contribution in [0.3, 0.4) is 0 Å². The van der Waals surface area contributed by atoms with Gasteiger partial charge in [-0.1, -0.05) is 12.1 Å². The van der Waals surface area contributed by atoms with Crippen LogP contribution in [0.1, 0.15) is 10.4 Å². The summed E-state index contributed by atoms with van der Waals surface area (Å²) in [4.78, 5) is 14.9. The first-order valence-corrected chi connectivity index (χ1v) is 5.55. The number of pyridine rings is 1. The molecule has 1 heterocycles. The van der Waals surface area contributed by atoms with E-state index in [1.807, 2.05) is 12.1 Å². The van der Waals surface area contributed by atoms with Crippen LogP contribution in [0.5, 0.6) is 17.4 Å². The van der Waals surface area contributed by atoms with Crippen LogP contribution in [0.2, 0.25) is 0 Å². The number of methoxy groups -OCH3 is 1. The van der Waals surface area contributed by atoms with Gasteiger partial charge in [0.05, 0.1) is 12.7 Å². The van der Waals surface area contributed by atoms with Crippen molar-refractivity contribution in [2.24, 2.45) is 0 Å². The van der Waals surface area contributed by atoms with Crippen LogP contribution >= 0.6 is 11.6 Å². The molecule has 5 heteroatoms. The molecule has 0 aliphatic rings. The Morgan fingerprint density at radius 2 is 1.89 bits per heavy atom. The number of aromatic nitrogens is 1. The second kappa shape index (κ2) is 5.51. The standard InChI is InChI=1S/C13H10ClNO3/c1-17-10-4-2-3-5-11(10)18-12-7-6-9(8-15-12)13(14)16/h2-8H,1H3. The lowest BCUT2D eigenvalue weighted by atomic mass is 10.3. The van der Waals surface area contributed by atoms with Gasteiger partial charge in [0, 0.05) is 12.3 Å². The Morgan fingerprint density at radius 1 is 1.17 bits per heavy atom. The molecule has 2 aromatic rings. The molecule has 18 heavy (non-hydrogen) atoms. The van der Waals surface area contributed by atoms with E-state index < -0.39 is 5.24 Å². The molecule has 0 N–H and O–H groups in total. The van der Waals surface area contributed by atoms with Gasteiger partial charge in [-0.15, -0.1) is 0 Å². The van der Waals surface area contributed by atoms with Gasteiger partial charge in [0.25, 0.3) is 5.24 Å². The minimum absolute atomic E-state index is 0.323. The van der Waals surface area contributed by atoms with Gasteiger partial charge in [0.2, 0.25) is 5.88 Å². The average molecular weight is 264 g/mol. The number of benzene rings is 1. The molecule has 0 amide bonds. The molecular formula is C13H10ClNO3. The lowest BCUT2D eigenvalue weighted by Gasteiger charge is -2.08. The molecule has 0 aliphatic carbocycles. The van der Waals surface area contributed by atoms with Crippen molar-refractivity contribution in [2.75, 3.05) is 7.11 Å². The quantitative estimate of drug-likeness (QED) is 0.795. The first-order valence-electron chi connectivity index (χ1n) is 5.17. The zero-order valence-electron chi connectivity index (χ0n) is 9.59. The summed E-state index contributed by atoms with van der Waals surface area (Å²) < 4.78 is 10.7. The normalized spacial score (nSPS) is 9.89. The Kier molecular flexibility index (Phi) is 3.79. The molecule has 0 atom stereocenters. The summed E-state index contributed by atoms with van der Waals surface area (Å²) in [6.45, 7) is 0. The molecule has 0 radical (unpaired) electrons. The van der Waals surface area contributed by atoms with Crippen LogP contribution < -0.4 is 9.47 Å². The number of hydrogen-bond donors (Lipinski definition) is 0. The van der Waals surface area contributed by atoms with E-state index in [1.165, 1.54) is 6.20 Å². The monoisotopic (exact) mass is 263 g/mol. The highest BCUT2D eigenvalue weighted by Crippen LogP contribution is 2.29. The van der Waals surface area contributed by atoms with Crippen LogP contribution in [0.15, 0.2) is 42.6 Å². The molecule has 1 aromatic heterocycles. The van der Waals surface area contributed by atoms with Crippen LogP contribution in [-0.4, -0.2) is 17.3 Å². The van der Waals surface area contributed by atoms with Gasteiger partial charge in [-0.2, -0.15) is 0 Å². The number of hydrogen-bond acceptors (Lipinski definition) is 4. The van der Waals surface area contributed by atoms with Crippen molar-refractivity contribution in [3.05, 3.63) is 48.2 Å². The largest absolute Gasteiger partial charge is 0.493 e. The summed E-state index contributed by atoms with van der Waals surface area (Å²) in [6.07, 6.45) is 1.36. The molecule has 2 rings (SSSR count). The third-order valence-corrected chi connectivity index (χ3v) is 2.47. The van der Waals surface area contributed by atoms with E-state index >= 15 is 0 Å². The average Bonchev–Trinajstić information content (AvgIpc) is 2.40. The number of nitrogens with zero attached hydrogens (tertiary/aromatic N) is 1. The van der Waals surface area contributed by atoms with Crippen molar-refractivity contribution in [1.82, 2.24) is 4.98 Å². The lowest BCUT2D eigenvalue weighted by Crippen LogP contribution is -1.94. The van der Waals surface area contributed by atoms with Gasteiger partial charge in [0.1, 0.15) is 0 Å². The molecule has 92 valence electrons. The second-order valence-corrected chi connectivity index (χ2v) is 3.76. The fraction of sp³-hybridized carbons (Fsp3) is 0.0769. The third-order valence-electron chi connectivity index (χ3n) is 2.25. The van der Waals surface area contributed by atoms with Crippen molar-refractivity contribution < 1.29 is 14.3 Å². The van der Waals surface area contributed by atoms with Gasteiger partial charge in [-0.3, -0.25) is 4.79 Å². The Hall–Kier alpha value is -2.07. The zero-order chi connectivity index (χ0) is 13.0. The maximum atomic E-state index is 10.9. The van der Waals surface area contributed by atoms with Crippen LogP contribution in [-0.2, 0) is 0 Å². The van der Waals surface area contributed by atoms with Crippen LogP contribution in [0.4, 0.5) is 0 Å². The predicted octanol–water partition coefficient (Wildman–Crippen LogP) is 3.26. The van der Waals surface area contributed by atoms with E-state index in [0.29, 0.717) is 22.9 Å². The van der Waals surface area contributed by atoms with Crippen LogP contribution in [0.25, 0.3) is 0 Å². The number of carbonyl (C=O) groups is 1. The number of carbonyl (C=O) groups excluding carboxylic acids is 1. The number of rotatable bonds is 4. The number of halogens is 1. The molecule has 1 aromatic carbocycles. The molecular weight excluding hydrogens is 254 g/mol. The summed E-state index contributed by atoms with van der Waals surface area (Å²) in [7, 11) is 1.56. The maximum Gasteiger partial charge on any atom is 0.253 e. The fourth-order valence-electron chi connectivity index (χ4n) is 1.37. The smallest absolute Gasteiger partial charge is 0.253 e. The minimum atomic E-state index is -0.550. The molecule has 0 saturated carbocycles. The third kappa shape index (κ3) is 2.78. The van der Waals surface area contributed by atoms with E-state index in [9.17, 15) is 4.79 Å². The Bertz CT molecular complexity index is 554. The number of para-hydroxylation sites is 2. The van der Waals surface area contributed by atoms with Crippen molar-refractivity contribution in [2.45, 2.75) is 0 Å². The highest BCUT2D eigenvalue weighted by molar-refractivity contribution is 6.67. The predicted molar refractivity (Wildman–Crippen MR) is 67.5 cm³/mol. The summed E-state index contributed by atoms with van der Waals surface area (Å²) in [5.41, 5.74) is 0.323. The Morgan fingerprint density at radius 3 is 2.44 bits per heavy atom. The zero-order valence-corrected chi connectivity index (χ0v) is 10.3. The molecule has 0 unspecified atom stereocenters. The molecule has 0 fully saturated rings. The van der Waals surface area contributed by atoms with E-state index in [-0.39, 0.29) is 0 Å². The summed E-state index contributed by atoms with van der Waals surface area (Å²) in [5, 5.41) is -0.550. The molecule has 0 aliphatic heterocycles. The molecule has 0 saturated heterocycles. The van der Waals surface area contributed by atoms with E-state index in [0.717, 1.165) is 0 Å². The van der Waals surface area contributed by atoms with Gasteiger partial charge in [-0.05, 0) is 29.8 Å². The SMILES string of the molecule is COc1ccccc1Oc1ccc(C(=O)Cl)cn1. The Balaban J connectivity index is 2.21. The summed E-state index contributed by atoms with van der Waals surface area (Å²) >= 11 is 5.32. The summed E-state index contributed by atoms with van der Waals surface area (Å²) in [6, 6.07) is 10.3. The topological polar surface area (TPSA) is 48.4 Å². The maximum absolute atomic E-state index is 10.9. The first kappa shape index (κ1) is 12.4.